The Kier molecular flexibility index (Phi) is 3.62. The van der Waals surface area contributed by atoms with Gasteiger partial charge in [0.15, 0.2) is 5.76 Å². The van der Waals surface area contributed by atoms with Crippen LogP contribution in [0.1, 0.15) is 5.56 Å². The third-order valence-corrected chi connectivity index (χ3v) is 2.83. The Balaban J connectivity index is 2.22. The van der Waals surface area contributed by atoms with Gasteiger partial charge in [-0.25, -0.2) is 4.79 Å². The third-order valence-electron chi connectivity index (χ3n) is 2.30. The highest BCUT2D eigenvalue weighted by atomic mass is 79.9. The lowest BCUT2D eigenvalue weighted by molar-refractivity contribution is -0.135. The van der Waals surface area contributed by atoms with Crippen molar-refractivity contribution in [3.63, 3.8) is 0 Å². The average molecular weight is 309 g/mol. The summed E-state index contributed by atoms with van der Waals surface area (Å²) >= 11 is 3.32. The average Bonchev–Trinajstić information content (AvgIpc) is 2.71. The van der Waals surface area contributed by atoms with Gasteiger partial charge in [0.2, 0.25) is 5.78 Å². The first-order chi connectivity index (χ1) is 8.60. The van der Waals surface area contributed by atoms with Gasteiger partial charge in [-0.2, -0.15) is 0 Å². The van der Waals surface area contributed by atoms with E-state index in [1.807, 2.05) is 24.3 Å². The Morgan fingerprint density at radius 2 is 2.00 bits per heavy atom. The highest BCUT2D eigenvalue weighted by molar-refractivity contribution is 9.10. The maximum Gasteiger partial charge on any atom is 0.334 e. The van der Waals surface area contributed by atoms with Crippen LogP contribution < -0.4 is 0 Å². The molecule has 5 heteroatoms. The lowest BCUT2D eigenvalue weighted by Crippen LogP contribution is -2.01. The van der Waals surface area contributed by atoms with Crippen molar-refractivity contribution < 1.29 is 19.1 Å². The molecule has 0 radical (unpaired) electrons. The van der Waals surface area contributed by atoms with Gasteiger partial charge in [0.05, 0.1) is 13.2 Å². The fraction of sp³-hybridized carbons (Fsp3) is 0.0769. The van der Waals surface area contributed by atoms with Crippen molar-refractivity contribution in [1.29, 1.82) is 0 Å². The van der Waals surface area contributed by atoms with E-state index in [1.165, 1.54) is 13.2 Å². The number of hydrogen-bond donors (Lipinski definition) is 0. The Bertz CT molecular complexity index is 555. The van der Waals surface area contributed by atoms with Crippen LogP contribution in [0.25, 0.3) is 5.76 Å². The molecule has 1 aliphatic rings. The molecule has 0 amide bonds. The summed E-state index contributed by atoms with van der Waals surface area (Å²) in [5.74, 6) is -0.579. The summed E-state index contributed by atoms with van der Waals surface area (Å²) in [6.45, 7) is 0. The predicted molar refractivity (Wildman–Crippen MR) is 68.3 cm³/mol. The van der Waals surface area contributed by atoms with Crippen molar-refractivity contribution in [2.24, 2.45) is 0 Å². The summed E-state index contributed by atoms with van der Waals surface area (Å²) in [5.41, 5.74) is 0.764. The molecule has 4 nitrogen and oxygen atoms in total. The van der Waals surface area contributed by atoms with Crippen molar-refractivity contribution in [3.8, 4) is 0 Å². The second kappa shape index (κ2) is 5.18. The molecule has 0 unspecified atom stereocenters. The van der Waals surface area contributed by atoms with Gasteiger partial charge >= 0.3 is 5.97 Å². The lowest BCUT2D eigenvalue weighted by atomic mass is 10.2. The number of benzene rings is 1. The minimum Gasteiger partial charge on any atom is -0.466 e. The van der Waals surface area contributed by atoms with Crippen LogP contribution in [0.5, 0.6) is 0 Å². The van der Waals surface area contributed by atoms with E-state index in [2.05, 4.69) is 20.7 Å². The van der Waals surface area contributed by atoms with Crippen molar-refractivity contribution in [2.75, 3.05) is 7.11 Å². The number of hydrogen-bond acceptors (Lipinski definition) is 4. The van der Waals surface area contributed by atoms with Crippen LogP contribution in [0.3, 0.4) is 0 Å². The van der Waals surface area contributed by atoms with Crippen LogP contribution in [0.4, 0.5) is 0 Å². The van der Waals surface area contributed by atoms with Gasteiger partial charge in [-0.3, -0.25) is 4.79 Å². The van der Waals surface area contributed by atoms with Gasteiger partial charge in [0.25, 0.3) is 0 Å². The number of halogens is 1. The fourth-order valence-corrected chi connectivity index (χ4v) is 1.68. The second-order valence-corrected chi connectivity index (χ2v) is 4.43. The minimum atomic E-state index is -0.621. The monoisotopic (exact) mass is 308 g/mol. The van der Waals surface area contributed by atoms with Gasteiger partial charge in [-0.05, 0) is 12.1 Å². The highest BCUT2D eigenvalue weighted by Crippen LogP contribution is 2.27. The topological polar surface area (TPSA) is 52.6 Å². The van der Waals surface area contributed by atoms with Crippen molar-refractivity contribution in [3.05, 3.63) is 52.2 Å². The summed E-state index contributed by atoms with van der Waals surface area (Å²) in [6, 6.07) is 7.30. The molecule has 0 saturated carbocycles. The molecule has 18 heavy (non-hydrogen) atoms. The van der Waals surface area contributed by atoms with Crippen LogP contribution in [0, 0.1) is 0 Å². The van der Waals surface area contributed by atoms with E-state index in [0.29, 0.717) is 5.76 Å². The summed E-state index contributed by atoms with van der Waals surface area (Å²) < 4.78 is 10.7. The summed E-state index contributed by atoms with van der Waals surface area (Å²) in [5, 5.41) is 0. The number of carbonyl (C=O) groups excluding carboxylic acids is 2. The SMILES string of the molecule is COC(=O)C=C1OC(c2ccc(Br)cc2)=CC1=O. The van der Waals surface area contributed by atoms with E-state index < -0.39 is 5.97 Å². The Morgan fingerprint density at radius 3 is 2.61 bits per heavy atom. The zero-order valence-corrected chi connectivity index (χ0v) is 11.1. The van der Waals surface area contributed by atoms with Gasteiger partial charge in [-0.15, -0.1) is 0 Å². The van der Waals surface area contributed by atoms with E-state index in [1.54, 1.807) is 0 Å². The molecule has 0 spiro atoms. The van der Waals surface area contributed by atoms with Crippen LogP contribution >= 0.6 is 15.9 Å². The number of ketones is 1. The quantitative estimate of drug-likeness (QED) is 0.622. The summed E-state index contributed by atoms with van der Waals surface area (Å²) in [4.78, 5) is 22.6. The molecule has 0 aliphatic carbocycles. The van der Waals surface area contributed by atoms with E-state index in [4.69, 9.17) is 4.74 Å². The number of carbonyl (C=O) groups is 2. The normalized spacial score (nSPS) is 16.4. The second-order valence-electron chi connectivity index (χ2n) is 3.51. The first-order valence-electron chi connectivity index (χ1n) is 5.09. The number of rotatable bonds is 2. The molecule has 1 aromatic rings. The van der Waals surface area contributed by atoms with Crippen molar-refractivity contribution in [1.82, 2.24) is 0 Å². The molecule has 0 atom stereocenters. The Labute approximate surface area is 112 Å². The van der Waals surface area contributed by atoms with Crippen LogP contribution in [-0.4, -0.2) is 18.9 Å². The zero-order chi connectivity index (χ0) is 13.1. The molecule has 0 aromatic heterocycles. The molecular weight excluding hydrogens is 300 g/mol. The number of methoxy groups -OCH3 is 1. The maximum absolute atomic E-state index is 11.6. The smallest absolute Gasteiger partial charge is 0.334 e. The van der Waals surface area contributed by atoms with E-state index in [-0.39, 0.29) is 11.5 Å². The van der Waals surface area contributed by atoms with E-state index in [0.717, 1.165) is 16.1 Å². The van der Waals surface area contributed by atoms with E-state index in [9.17, 15) is 9.59 Å². The van der Waals surface area contributed by atoms with Gasteiger partial charge in [0, 0.05) is 16.1 Å². The molecule has 1 aliphatic heterocycles. The van der Waals surface area contributed by atoms with Gasteiger partial charge in [-0.1, -0.05) is 28.1 Å². The van der Waals surface area contributed by atoms with Crippen LogP contribution in [0.15, 0.2) is 46.6 Å². The maximum atomic E-state index is 11.6. The molecule has 2 rings (SSSR count). The largest absolute Gasteiger partial charge is 0.466 e. The Hall–Kier alpha value is -1.88. The molecule has 1 aromatic carbocycles. The Morgan fingerprint density at radius 1 is 1.33 bits per heavy atom. The predicted octanol–water partition coefficient (Wildman–Crippen LogP) is 2.45. The van der Waals surface area contributed by atoms with Gasteiger partial charge < -0.3 is 9.47 Å². The number of allylic oxidation sites excluding steroid dienone is 1. The zero-order valence-electron chi connectivity index (χ0n) is 9.48. The molecule has 1 heterocycles. The number of ether oxygens (including phenoxy) is 2. The third kappa shape index (κ3) is 2.68. The molecule has 0 saturated heterocycles. The summed E-state index contributed by atoms with van der Waals surface area (Å²) in [6.07, 6.45) is 2.38. The molecule has 92 valence electrons. The fourth-order valence-electron chi connectivity index (χ4n) is 1.41. The van der Waals surface area contributed by atoms with Crippen LogP contribution in [-0.2, 0) is 19.1 Å². The molecule has 0 N–H and O–H groups in total. The number of esters is 1. The summed E-state index contributed by atoms with van der Waals surface area (Å²) in [7, 11) is 1.24. The van der Waals surface area contributed by atoms with E-state index >= 15 is 0 Å². The highest BCUT2D eigenvalue weighted by Gasteiger charge is 2.22. The molecular formula is C13H9BrO4. The first-order valence-corrected chi connectivity index (χ1v) is 5.89. The molecule has 0 bridgehead atoms. The standard InChI is InChI=1S/C13H9BrO4/c1-17-13(16)7-12-10(15)6-11(18-12)8-2-4-9(14)5-3-8/h2-7H,1H3. The van der Waals surface area contributed by atoms with Crippen molar-refractivity contribution >= 4 is 33.4 Å². The first kappa shape index (κ1) is 12.6. The minimum absolute atomic E-state index is 0.0280. The van der Waals surface area contributed by atoms with Crippen molar-refractivity contribution in [2.45, 2.75) is 0 Å². The lowest BCUT2D eigenvalue weighted by Gasteiger charge is -2.03. The van der Waals surface area contributed by atoms with Crippen LogP contribution in [0.2, 0.25) is 0 Å². The van der Waals surface area contributed by atoms with Gasteiger partial charge in [0.1, 0.15) is 5.76 Å². The molecule has 0 fully saturated rings.